The Morgan fingerprint density at radius 2 is 2.35 bits per heavy atom. The number of aliphatic hydroxyl groups is 1. The number of rotatable bonds is 4. The molecule has 0 aliphatic carbocycles. The van der Waals surface area contributed by atoms with Gasteiger partial charge in [0.15, 0.2) is 6.10 Å². The summed E-state index contributed by atoms with van der Waals surface area (Å²) >= 11 is 0. The van der Waals surface area contributed by atoms with Crippen molar-refractivity contribution < 1.29 is 28.2 Å². The predicted molar refractivity (Wildman–Crippen MR) is 59.8 cm³/mol. The Morgan fingerprint density at radius 3 is 2.95 bits per heavy atom. The Hall–Kier alpha value is -2.07. The molecule has 0 bridgehead atoms. The average molecular weight is 291 g/mol. The third kappa shape index (κ3) is 2.34. The van der Waals surface area contributed by atoms with Gasteiger partial charge in [0.2, 0.25) is 6.23 Å². The van der Waals surface area contributed by atoms with Gasteiger partial charge in [-0.1, -0.05) is 0 Å². The summed E-state index contributed by atoms with van der Waals surface area (Å²) in [5, 5.41) is 9.49. The van der Waals surface area contributed by atoms with Gasteiger partial charge in [0.25, 0.3) is 6.47 Å². The van der Waals surface area contributed by atoms with Crippen molar-refractivity contribution >= 4 is 12.3 Å². The number of hydrogen-bond acceptors (Lipinski definition) is 7. The summed E-state index contributed by atoms with van der Waals surface area (Å²) in [5.41, 5.74) is 4.21. The maximum atomic E-state index is 13.9. The quantitative estimate of drug-likeness (QED) is 0.676. The van der Waals surface area contributed by atoms with Crippen LogP contribution in [0.5, 0.6) is 0 Å². The van der Waals surface area contributed by atoms with E-state index in [1.54, 1.807) is 0 Å². The summed E-state index contributed by atoms with van der Waals surface area (Å²) in [6.07, 6.45) is -4.75. The molecule has 0 saturated carbocycles. The highest BCUT2D eigenvalue weighted by Crippen LogP contribution is 2.42. The van der Waals surface area contributed by atoms with Crippen LogP contribution in [-0.4, -0.2) is 45.9 Å². The molecule has 3 atom stereocenters. The van der Waals surface area contributed by atoms with E-state index in [4.69, 9.17) is 10.5 Å². The lowest BCUT2D eigenvalue weighted by molar-refractivity contribution is -0.141. The molecule has 0 aromatic carbocycles. The fourth-order valence-electron chi connectivity index (χ4n) is 1.84. The van der Waals surface area contributed by atoms with Gasteiger partial charge in [-0.3, -0.25) is 9.36 Å². The lowest BCUT2D eigenvalue weighted by Gasteiger charge is -2.20. The number of carbonyl (C=O) groups excluding carboxylic acids is 1. The van der Waals surface area contributed by atoms with E-state index in [1.807, 2.05) is 0 Å². The molecule has 8 nitrogen and oxygen atoms in total. The van der Waals surface area contributed by atoms with E-state index in [9.17, 15) is 23.5 Å². The van der Waals surface area contributed by atoms with Gasteiger partial charge in [-0.25, -0.2) is 4.79 Å². The number of ether oxygens (including phenoxy) is 2. The Kier molecular flexibility index (Phi) is 3.68. The molecule has 1 saturated heterocycles. The summed E-state index contributed by atoms with van der Waals surface area (Å²) in [6.45, 7) is -0.521. The number of aromatic nitrogens is 2. The molecule has 20 heavy (non-hydrogen) atoms. The van der Waals surface area contributed by atoms with Crippen molar-refractivity contribution in [1.82, 2.24) is 9.55 Å². The summed E-state index contributed by atoms with van der Waals surface area (Å²) in [4.78, 5) is 24.9. The molecule has 0 spiro atoms. The van der Waals surface area contributed by atoms with Crippen LogP contribution in [0.3, 0.4) is 0 Å². The second-order valence-corrected chi connectivity index (χ2v) is 4.12. The van der Waals surface area contributed by atoms with Gasteiger partial charge in [0.05, 0.1) is 0 Å². The zero-order chi connectivity index (χ0) is 14.9. The van der Waals surface area contributed by atoms with E-state index in [-0.39, 0.29) is 12.3 Å². The lowest BCUT2D eigenvalue weighted by atomic mass is 10.1. The monoisotopic (exact) mass is 291 g/mol. The number of halogens is 2. The maximum Gasteiger partial charge on any atom is 0.351 e. The Labute approximate surface area is 110 Å². The van der Waals surface area contributed by atoms with E-state index >= 15 is 0 Å². The molecule has 110 valence electrons. The number of nitrogen functional groups attached to an aromatic ring is 1. The molecule has 1 aliphatic rings. The summed E-state index contributed by atoms with van der Waals surface area (Å²) in [5.74, 6) is -3.88. The van der Waals surface area contributed by atoms with Gasteiger partial charge < -0.3 is 20.3 Å². The van der Waals surface area contributed by atoms with Crippen molar-refractivity contribution in [3.05, 3.63) is 22.7 Å². The molecule has 2 heterocycles. The van der Waals surface area contributed by atoms with Gasteiger partial charge in [0, 0.05) is 6.20 Å². The van der Waals surface area contributed by atoms with Crippen LogP contribution in [0, 0.1) is 0 Å². The van der Waals surface area contributed by atoms with E-state index in [2.05, 4.69) is 9.72 Å². The standard InChI is InChI=1S/C10H11F2N3O5/c11-10(12)7(17)5(3-19-4-16)20-8(10)15-2-1-6(13)14-9(15)18/h1-2,4-5,7-8,17H,3H2,(H2,13,14,18)/t5-,7?,8-/m1/s1. The van der Waals surface area contributed by atoms with Crippen LogP contribution in [0.4, 0.5) is 14.6 Å². The highest BCUT2D eigenvalue weighted by Gasteiger charge is 2.59. The van der Waals surface area contributed by atoms with Gasteiger partial charge in [-0.15, -0.1) is 0 Å². The zero-order valence-electron chi connectivity index (χ0n) is 9.98. The summed E-state index contributed by atoms with van der Waals surface area (Å²) < 4.78 is 37.5. The summed E-state index contributed by atoms with van der Waals surface area (Å²) in [7, 11) is 0. The number of aliphatic hydroxyl groups excluding tert-OH is 1. The van der Waals surface area contributed by atoms with Crippen molar-refractivity contribution in [3.8, 4) is 0 Å². The third-order valence-electron chi connectivity index (χ3n) is 2.81. The molecule has 1 aromatic heterocycles. The Morgan fingerprint density at radius 1 is 1.65 bits per heavy atom. The topological polar surface area (TPSA) is 117 Å². The Balaban J connectivity index is 2.31. The minimum atomic E-state index is -3.75. The summed E-state index contributed by atoms with van der Waals surface area (Å²) in [6, 6.07) is 1.14. The minimum Gasteiger partial charge on any atom is -0.465 e. The molecular formula is C10H11F2N3O5. The molecule has 10 heteroatoms. The van der Waals surface area contributed by atoms with Crippen LogP contribution in [0.25, 0.3) is 0 Å². The number of anilines is 1. The number of alkyl halides is 2. The fraction of sp³-hybridized carbons (Fsp3) is 0.500. The van der Waals surface area contributed by atoms with Crippen LogP contribution in [0.1, 0.15) is 6.23 Å². The van der Waals surface area contributed by atoms with Crippen molar-refractivity contribution in [3.63, 3.8) is 0 Å². The average Bonchev–Trinajstić information content (AvgIpc) is 2.60. The molecule has 1 aromatic rings. The first-order valence-electron chi connectivity index (χ1n) is 5.49. The number of nitrogens with zero attached hydrogens (tertiary/aromatic N) is 2. The van der Waals surface area contributed by atoms with Crippen LogP contribution in [0.15, 0.2) is 17.1 Å². The number of nitrogens with two attached hydrogens (primary N) is 1. The second-order valence-electron chi connectivity index (χ2n) is 4.12. The van der Waals surface area contributed by atoms with Gasteiger partial charge >= 0.3 is 11.6 Å². The van der Waals surface area contributed by atoms with Gasteiger partial charge in [0.1, 0.15) is 18.5 Å². The zero-order valence-corrected chi connectivity index (χ0v) is 9.98. The number of hydrogen-bond donors (Lipinski definition) is 2. The first-order valence-corrected chi connectivity index (χ1v) is 5.49. The minimum absolute atomic E-state index is 0.0402. The molecule has 1 aliphatic heterocycles. The highest BCUT2D eigenvalue weighted by atomic mass is 19.3. The van der Waals surface area contributed by atoms with Crippen molar-refractivity contribution in [2.75, 3.05) is 12.3 Å². The maximum absolute atomic E-state index is 13.9. The first-order chi connectivity index (χ1) is 9.37. The van der Waals surface area contributed by atoms with Crippen LogP contribution >= 0.6 is 0 Å². The highest BCUT2D eigenvalue weighted by molar-refractivity contribution is 5.37. The van der Waals surface area contributed by atoms with E-state index in [0.29, 0.717) is 4.57 Å². The normalized spacial score (nSPS) is 28.2. The lowest BCUT2D eigenvalue weighted by Crippen LogP contribution is -2.42. The van der Waals surface area contributed by atoms with Crippen LogP contribution in [-0.2, 0) is 14.3 Å². The van der Waals surface area contributed by atoms with Crippen LogP contribution in [0.2, 0.25) is 0 Å². The molecule has 0 amide bonds. The fourth-order valence-corrected chi connectivity index (χ4v) is 1.84. The van der Waals surface area contributed by atoms with Crippen LogP contribution < -0.4 is 11.4 Å². The Bertz CT molecular complexity index is 564. The second kappa shape index (κ2) is 5.13. The van der Waals surface area contributed by atoms with E-state index in [0.717, 1.165) is 12.3 Å². The largest absolute Gasteiger partial charge is 0.465 e. The van der Waals surface area contributed by atoms with Crippen molar-refractivity contribution in [1.29, 1.82) is 0 Å². The van der Waals surface area contributed by atoms with Gasteiger partial charge in [-0.2, -0.15) is 13.8 Å². The predicted octanol–water partition coefficient (Wildman–Crippen LogP) is -1.11. The van der Waals surface area contributed by atoms with Crippen molar-refractivity contribution in [2.45, 2.75) is 24.4 Å². The van der Waals surface area contributed by atoms with Crippen molar-refractivity contribution in [2.24, 2.45) is 0 Å². The molecule has 3 N–H and O–H groups in total. The first kappa shape index (κ1) is 14.3. The van der Waals surface area contributed by atoms with E-state index in [1.165, 1.54) is 0 Å². The molecular weight excluding hydrogens is 280 g/mol. The van der Waals surface area contributed by atoms with E-state index < -0.39 is 36.7 Å². The molecule has 0 radical (unpaired) electrons. The van der Waals surface area contributed by atoms with Gasteiger partial charge in [-0.05, 0) is 6.07 Å². The third-order valence-corrected chi connectivity index (χ3v) is 2.81. The molecule has 1 fully saturated rings. The molecule has 2 rings (SSSR count). The number of carbonyl (C=O) groups is 1. The molecule has 1 unspecified atom stereocenters. The smallest absolute Gasteiger partial charge is 0.351 e. The SMILES string of the molecule is Nc1ccn([C@@H]2O[C@H](COC=O)C(O)C2(F)F)c(=O)n1.